The van der Waals surface area contributed by atoms with Gasteiger partial charge in [0.05, 0.1) is 11.7 Å². The minimum atomic E-state index is -0.570. The van der Waals surface area contributed by atoms with Crippen LogP contribution in [0.2, 0.25) is 0 Å². The predicted octanol–water partition coefficient (Wildman–Crippen LogP) is 5.19. The Morgan fingerprint density at radius 2 is 2.04 bits per heavy atom. The van der Waals surface area contributed by atoms with Crippen LogP contribution in [0, 0.1) is 25.5 Å². The van der Waals surface area contributed by atoms with Crippen molar-refractivity contribution in [3.8, 4) is 0 Å². The summed E-state index contributed by atoms with van der Waals surface area (Å²) >= 11 is 1.41. The van der Waals surface area contributed by atoms with Gasteiger partial charge in [-0.05, 0) is 38.0 Å². The van der Waals surface area contributed by atoms with Gasteiger partial charge in [-0.25, -0.2) is 8.78 Å². The van der Waals surface area contributed by atoms with E-state index in [1.54, 1.807) is 6.20 Å². The van der Waals surface area contributed by atoms with Gasteiger partial charge in [0, 0.05) is 29.4 Å². The molecular formula is C19H19F2N3S. The van der Waals surface area contributed by atoms with Gasteiger partial charge in [0.25, 0.3) is 0 Å². The van der Waals surface area contributed by atoms with Crippen molar-refractivity contribution in [3.63, 3.8) is 0 Å². The zero-order valence-electron chi connectivity index (χ0n) is 14.4. The molecule has 0 bridgehead atoms. The molecule has 25 heavy (non-hydrogen) atoms. The molecule has 0 aliphatic rings. The van der Waals surface area contributed by atoms with Crippen LogP contribution in [0.4, 0.5) is 8.78 Å². The second-order valence-electron chi connectivity index (χ2n) is 5.83. The number of allylic oxidation sites excluding steroid dienone is 2. The fraction of sp³-hybridized carbons (Fsp3) is 0.263. The van der Waals surface area contributed by atoms with E-state index in [2.05, 4.69) is 34.7 Å². The van der Waals surface area contributed by atoms with Gasteiger partial charge in [-0.15, -0.1) is 5.10 Å². The molecule has 0 amide bonds. The number of hydrogen-bond donors (Lipinski definition) is 0. The van der Waals surface area contributed by atoms with E-state index >= 15 is 0 Å². The average molecular weight is 359 g/mol. The van der Waals surface area contributed by atoms with Crippen LogP contribution in [0.1, 0.15) is 23.7 Å². The van der Waals surface area contributed by atoms with Crippen molar-refractivity contribution in [2.75, 3.05) is 0 Å². The standard InChI is InChI=1S/C19H19F2N3S/c1-4-5-8-24-13(3)12(2)16-10-22-23-19(18(16)24)25-11-14-6-7-15(20)9-17(14)21/h4-7,9-10H,8,11H2,1-3H3/b5-4+. The molecule has 0 saturated heterocycles. The molecule has 0 radical (unpaired) electrons. The zero-order valence-corrected chi connectivity index (χ0v) is 15.2. The van der Waals surface area contributed by atoms with Gasteiger partial charge in [-0.2, -0.15) is 5.10 Å². The van der Waals surface area contributed by atoms with E-state index in [1.165, 1.54) is 29.5 Å². The largest absolute Gasteiger partial charge is 0.339 e. The number of nitrogens with zero attached hydrogens (tertiary/aromatic N) is 3. The first-order valence-corrected chi connectivity index (χ1v) is 9.00. The van der Waals surface area contributed by atoms with Crippen molar-refractivity contribution < 1.29 is 8.78 Å². The molecule has 3 rings (SSSR count). The Balaban J connectivity index is 1.99. The number of aromatic nitrogens is 3. The van der Waals surface area contributed by atoms with E-state index in [0.717, 1.165) is 34.2 Å². The lowest BCUT2D eigenvalue weighted by Crippen LogP contribution is -2.00. The molecule has 3 aromatic rings. The Kier molecular flexibility index (Phi) is 5.18. The summed E-state index contributed by atoms with van der Waals surface area (Å²) in [4.78, 5) is 0. The number of fused-ring (bicyclic) bond motifs is 1. The molecule has 0 aliphatic carbocycles. The molecule has 2 aromatic heterocycles. The molecule has 3 nitrogen and oxygen atoms in total. The molecule has 0 atom stereocenters. The van der Waals surface area contributed by atoms with Gasteiger partial charge < -0.3 is 4.57 Å². The second kappa shape index (κ2) is 7.35. The second-order valence-corrected chi connectivity index (χ2v) is 6.79. The highest BCUT2D eigenvalue weighted by Gasteiger charge is 2.16. The van der Waals surface area contributed by atoms with E-state index in [9.17, 15) is 8.78 Å². The normalized spacial score (nSPS) is 11.7. The van der Waals surface area contributed by atoms with E-state index in [4.69, 9.17) is 0 Å². The van der Waals surface area contributed by atoms with Crippen molar-refractivity contribution in [1.29, 1.82) is 0 Å². The monoisotopic (exact) mass is 359 g/mol. The van der Waals surface area contributed by atoms with Gasteiger partial charge in [-0.3, -0.25) is 0 Å². The van der Waals surface area contributed by atoms with Gasteiger partial charge >= 0.3 is 0 Å². The third kappa shape index (κ3) is 3.44. The fourth-order valence-corrected chi connectivity index (χ4v) is 3.77. The van der Waals surface area contributed by atoms with Crippen molar-refractivity contribution in [1.82, 2.24) is 14.8 Å². The van der Waals surface area contributed by atoms with E-state index < -0.39 is 11.6 Å². The minimum absolute atomic E-state index is 0.368. The predicted molar refractivity (Wildman–Crippen MR) is 97.7 cm³/mol. The quantitative estimate of drug-likeness (QED) is 0.464. The SMILES string of the molecule is C/C=C/Cn1c(C)c(C)c2cnnc(SCc3ccc(F)cc3F)c21. The summed E-state index contributed by atoms with van der Waals surface area (Å²) in [5.74, 6) is -0.740. The van der Waals surface area contributed by atoms with E-state index in [1.807, 2.05) is 13.0 Å². The smallest absolute Gasteiger partial charge is 0.143 e. The molecule has 6 heteroatoms. The number of aryl methyl sites for hydroxylation is 1. The summed E-state index contributed by atoms with van der Waals surface area (Å²) in [6.07, 6.45) is 5.86. The first-order valence-electron chi connectivity index (χ1n) is 8.02. The molecule has 0 spiro atoms. The Bertz CT molecular complexity index is 947. The van der Waals surface area contributed by atoms with Crippen LogP contribution in [0.5, 0.6) is 0 Å². The van der Waals surface area contributed by atoms with Crippen LogP contribution >= 0.6 is 11.8 Å². The summed E-state index contributed by atoms with van der Waals surface area (Å²) in [7, 11) is 0. The number of rotatable bonds is 5. The number of thioether (sulfide) groups is 1. The van der Waals surface area contributed by atoms with Crippen LogP contribution in [0.3, 0.4) is 0 Å². The maximum absolute atomic E-state index is 13.9. The molecule has 130 valence electrons. The average Bonchev–Trinajstić information content (AvgIpc) is 2.84. The Labute approximate surface area is 149 Å². The molecule has 0 saturated carbocycles. The third-order valence-electron chi connectivity index (χ3n) is 4.32. The van der Waals surface area contributed by atoms with Crippen molar-refractivity contribution in [2.45, 2.75) is 38.1 Å². The number of benzene rings is 1. The fourth-order valence-electron chi connectivity index (χ4n) is 2.78. The van der Waals surface area contributed by atoms with Gasteiger partial charge in [-0.1, -0.05) is 30.0 Å². The first-order chi connectivity index (χ1) is 12.0. The highest BCUT2D eigenvalue weighted by atomic mass is 32.2. The minimum Gasteiger partial charge on any atom is -0.339 e. The lowest BCUT2D eigenvalue weighted by molar-refractivity contribution is 0.576. The lowest BCUT2D eigenvalue weighted by atomic mass is 10.2. The summed E-state index contributed by atoms with van der Waals surface area (Å²) < 4.78 is 29.1. The number of hydrogen-bond acceptors (Lipinski definition) is 3. The van der Waals surface area contributed by atoms with Crippen LogP contribution in [0.25, 0.3) is 10.9 Å². The lowest BCUT2D eigenvalue weighted by Gasteiger charge is -2.08. The third-order valence-corrected chi connectivity index (χ3v) is 5.32. The molecule has 0 unspecified atom stereocenters. The Morgan fingerprint density at radius 3 is 2.76 bits per heavy atom. The van der Waals surface area contributed by atoms with E-state index in [-0.39, 0.29) is 0 Å². The molecule has 0 aliphatic heterocycles. The van der Waals surface area contributed by atoms with Crippen LogP contribution < -0.4 is 0 Å². The zero-order chi connectivity index (χ0) is 18.0. The maximum Gasteiger partial charge on any atom is 0.143 e. The van der Waals surface area contributed by atoms with Crippen LogP contribution in [-0.4, -0.2) is 14.8 Å². The Hall–Kier alpha value is -2.21. The maximum atomic E-state index is 13.9. The van der Waals surface area contributed by atoms with Crippen molar-refractivity contribution >= 4 is 22.7 Å². The Morgan fingerprint density at radius 1 is 1.24 bits per heavy atom. The van der Waals surface area contributed by atoms with E-state index in [0.29, 0.717) is 11.3 Å². The molecule has 0 fully saturated rings. The highest BCUT2D eigenvalue weighted by molar-refractivity contribution is 7.98. The summed E-state index contributed by atoms with van der Waals surface area (Å²) in [5.41, 5.74) is 3.79. The summed E-state index contributed by atoms with van der Waals surface area (Å²) in [6, 6.07) is 3.65. The van der Waals surface area contributed by atoms with Crippen molar-refractivity contribution in [2.24, 2.45) is 0 Å². The van der Waals surface area contributed by atoms with Crippen LogP contribution in [0.15, 0.2) is 41.6 Å². The summed E-state index contributed by atoms with van der Waals surface area (Å²) in [5, 5.41) is 10.2. The van der Waals surface area contributed by atoms with Crippen molar-refractivity contribution in [3.05, 3.63) is 65.0 Å². The van der Waals surface area contributed by atoms with Crippen LogP contribution in [-0.2, 0) is 12.3 Å². The molecule has 0 N–H and O–H groups in total. The molecule has 1 aromatic carbocycles. The van der Waals surface area contributed by atoms with Gasteiger partial charge in [0.1, 0.15) is 16.7 Å². The molecular weight excluding hydrogens is 340 g/mol. The summed E-state index contributed by atoms with van der Waals surface area (Å²) in [6.45, 7) is 6.88. The topological polar surface area (TPSA) is 30.7 Å². The first kappa shape index (κ1) is 17.6. The van der Waals surface area contributed by atoms with Gasteiger partial charge in [0.2, 0.25) is 0 Å². The van der Waals surface area contributed by atoms with Gasteiger partial charge in [0.15, 0.2) is 0 Å². The molecule has 2 heterocycles. The highest BCUT2D eigenvalue weighted by Crippen LogP contribution is 2.33. The number of halogens is 2.